The fourth-order valence-electron chi connectivity index (χ4n) is 3.78. The number of nitrogens with zero attached hydrogens (tertiary/aromatic N) is 2. The maximum atomic E-state index is 12.5. The zero-order valence-electron chi connectivity index (χ0n) is 12.3. The van der Waals surface area contributed by atoms with Gasteiger partial charge in [-0.3, -0.25) is 13.9 Å². The second kappa shape index (κ2) is 3.85. The highest BCUT2D eigenvalue weighted by Crippen LogP contribution is 2.52. The molecule has 0 spiro atoms. The Morgan fingerprint density at radius 3 is 2.62 bits per heavy atom. The third kappa shape index (κ3) is 1.35. The van der Waals surface area contributed by atoms with E-state index in [4.69, 9.17) is 0 Å². The van der Waals surface area contributed by atoms with E-state index >= 15 is 0 Å². The minimum atomic E-state index is -0.249. The predicted octanol–water partition coefficient (Wildman–Crippen LogP) is 1.65. The minimum absolute atomic E-state index is 0.0883. The summed E-state index contributed by atoms with van der Waals surface area (Å²) in [5.74, 6) is 0.228. The van der Waals surface area contributed by atoms with E-state index in [0.717, 1.165) is 11.3 Å². The van der Waals surface area contributed by atoms with Gasteiger partial charge in [0.05, 0.1) is 0 Å². The third-order valence-corrected chi connectivity index (χ3v) is 4.90. The van der Waals surface area contributed by atoms with E-state index in [1.807, 2.05) is 6.07 Å². The van der Waals surface area contributed by atoms with Crippen molar-refractivity contribution in [2.45, 2.75) is 18.8 Å². The minimum Gasteiger partial charge on any atom is -0.300 e. The van der Waals surface area contributed by atoms with Gasteiger partial charge in [0.2, 0.25) is 0 Å². The molecule has 0 aliphatic heterocycles. The van der Waals surface area contributed by atoms with Crippen LogP contribution in [0.4, 0.5) is 0 Å². The molecule has 4 nitrogen and oxygen atoms in total. The van der Waals surface area contributed by atoms with E-state index in [9.17, 15) is 9.59 Å². The van der Waals surface area contributed by atoms with Gasteiger partial charge in [0.15, 0.2) is 0 Å². The topological polar surface area (TPSA) is 44.0 Å². The van der Waals surface area contributed by atoms with Gasteiger partial charge in [-0.2, -0.15) is 0 Å². The Morgan fingerprint density at radius 2 is 1.86 bits per heavy atom. The average molecular weight is 280 g/mol. The van der Waals surface area contributed by atoms with Crippen LogP contribution >= 0.6 is 0 Å². The van der Waals surface area contributed by atoms with Crippen LogP contribution in [0.3, 0.4) is 0 Å². The quantitative estimate of drug-likeness (QED) is 0.736. The summed E-state index contributed by atoms with van der Waals surface area (Å²) in [6.07, 6.45) is 4.25. The van der Waals surface area contributed by atoms with Crippen molar-refractivity contribution in [3.63, 3.8) is 0 Å². The van der Waals surface area contributed by atoms with Crippen molar-refractivity contribution in [2.24, 2.45) is 14.1 Å². The van der Waals surface area contributed by atoms with Crippen LogP contribution in [0.1, 0.15) is 39.8 Å². The SMILES string of the molecule is Cc1cccc2c1C=CC1c3c(c(=O)n(C)c(=O)n3C)C21. The number of aryl methyl sites for hydroxylation is 1. The van der Waals surface area contributed by atoms with Gasteiger partial charge in [0, 0.05) is 37.2 Å². The van der Waals surface area contributed by atoms with Crippen molar-refractivity contribution in [1.82, 2.24) is 9.13 Å². The molecule has 1 aromatic carbocycles. The van der Waals surface area contributed by atoms with Gasteiger partial charge in [-0.05, 0) is 23.6 Å². The molecular formula is C17H16N2O2. The molecule has 0 saturated heterocycles. The molecule has 0 amide bonds. The van der Waals surface area contributed by atoms with E-state index in [2.05, 4.69) is 31.2 Å². The Hall–Kier alpha value is -2.36. The van der Waals surface area contributed by atoms with Crippen molar-refractivity contribution < 1.29 is 0 Å². The molecule has 0 radical (unpaired) electrons. The zero-order chi connectivity index (χ0) is 14.9. The van der Waals surface area contributed by atoms with Crippen molar-refractivity contribution in [3.05, 3.63) is 73.1 Å². The first-order valence-electron chi connectivity index (χ1n) is 7.10. The van der Waals surface area contributed by atoms with Crippen LogP contribution in [0.2, 0.25) is 0 Å². The summed E-state index contributed by atoms with van der Waals surface area (Å²) in [5, 5.41) is 0. The molecule has 4 heteroatoms. The largest absolute Gasteiger partial charge is 0.330 e. The van der Waals surface area contributed by atoms with Crippen LogP contribution in [-0.2, 0) is 14.1 Å². The molecule has 0 saturated carbocycles. The number of hydrogen-bond acceptors (Lipinski definition) is 2. The molecule has 0 bridgehead atoms. The van der Waals surface area contributed by atoms with Crippen LogP contribution in [0.15, 0.2) is 33.9 Å². The second-order valence-corrected chi connectivity index (χ2v) is 5.95. The van der Waals surface area contributed by atoms with Gasteiger partial charge in [-0.15, -0.1) is 0 Å². The van der Waals surface area contributed by atoms with E-state index in [0.29, 0.717) is 0 Å². The van der Waals surface area contributed by atoms with Gasteiger partial charge in [0.1, 0.15) is 0 Å². The maximum Gasteiger partial charge on any atom is 0.330 e. The van der Waals surface area contributed by atoms with Gasteiger partial charge < -0.3 is 0 Å². The molecule has 2 aliphatic carbocycles. The van der Waals surface area contributed by atoms with Crippen molar-refractivity contribution >= 4 is 6.08 Å². The number of benzene rings is 1. The lowest BCUT2D eigenvalue weighted by atomic mass is 9.64. The first kappa shape index (κ1) is 12.4. The monoisotopic (exact) mass is 280 g/mol. The van der Waals surface area contributed by atoms with Crippen molar-refractivity contribution in [2.75, 3.05) is 0 Å². The maximum absolute atomic E-state index is 12.5. The average Bonchev–Trinajstić information content (AvgIpc) is 2.45. The fraction of sp³-hybridized carbons (Fsp3) is 0.294. The summed E-state index contributed by atoms with van der Waals surface area (Å²) in [6.45, 7) is 2.09. The van der Waals surface area contributed by atoms with E-state index in [1.165, 1.54) is 21.3 Å². The van der Waals surface area contributed by atoms with Crippen LogP contribution in [0, 0.1) is 6.92 Å². The molecule has 106 valence electrons. The predicted molar refractivity (Wildman–Crippen MR) is 81.7 cm³/mol. The summed E-state index contributed by atoms with van der Waals surface area (Å²) >= 11 is 0. The lowest BCUT2D eigenvalue weighted by Gasteiger charge is -2.41. The molecule has 2 aliphatic rings. The number of rotatable bonds is 0. The standard InChI is InChI=1S/C17H16N2O2/c1-9-5-4-6-11-10(9)7-8-12-13(11)14-15(12)18(2)17(21)19(3)16(14)20/h4-8,12-13H,1-3H3. The summed E-state index contributed by atoms with van der Waals surface area (Å²) in [7, 11) is 3.30. The second-order valence-electron chi connectivity index (χ2n) is 5.95. The van der Waals surface area contributed by atoms with E-state index in [1.54, 1.807) is 18.7 Å². The first-order chi connectivity index (χ1) is 10.0. The molecular weight excluding hydrogens is 264 g/mol. The van der Waals surface area contributed by atoms with E-state index in [-0.39, 0.29) is 23.1 Å². The van der Waals surface area contributed by atoms with Crippen LogP contribution in [0.25, 0.3) is 6.08 Å². The molecule has 2 aromatic rings. The number of hydrogen-bond donors (Lipinski definition) is 0. The summed E-state index contributed by atoms with van der Waals surface area (Å²) in [6, 6.07) is 6.22. The summed E-state index contributed by atoms with van der Waals surface area (Å²) < 4.78 is 2.83. The fourth-order valence-corrected chi connectivity index (χ4v) is 3.78. The van der Waals surface area contributed by atoms with Crippen molar-refractivity contribution in [1.29, 1.82) is 0 Å². The smallest absolute Gasteiger partial charge is 0.300 e. The van der Waals surface area contributed by atoms with Crippen LogP contribution < -0.4 is 11.2 Å². The summed E-state index contributed by atoms with van der Waals surface area (Å²) in [4.78, 5) is 24.6. The third-order valence-electron chi connectivity index (χ3n) is 4.90. The molecule has 1 heterocycles. The zero-order valence-corrected chi connectivity index (χ0v) is 12.3. The summed E-state index contributed by atoms with van der Waals surface area (Å²) in [5.41, 5.74) is 4.87. The molecule has 2 unspecified atom stereocenters. The Labute approximate surface area is 122 Å². The number of allylic oxidation sites excluding steroid dienone is 1. The lowest BCUT2D eigenvalue weighted by Crippen LogP contribution is -2.48. The van der Waals surface area contributed by atoms with Crippen LogP contribution in [0.5, 0.6) is 0 Å². The van der Waals surface area contributed by atoms with Gasteiger partial charge in [-0.1, -0.05) is 30.4 Å². The Kier molecular flexibility index (Phi) is 2.27. The first-order valence-corrected chi connectivity index (χ1v) is 7.10. The lowest BCUT2D eigenvalue weighted by molar-refractivity contribution is 0.500. The number of fused-ring (bicyclic) bond motifs is 6. The van der Waals surface area contributed by atoms with Gasteiger partial charge in [-0.25, -0.2) is 4.79 Å². The molecule has 0 fully saturated rings. The Morgan fingerprint density at radius 1 is 1.10 bits per heavy atom. The van der Waals surface area contributed by atoms with E-state index < -0.39 is 0 Å². The normalized spacial score (nSPS) is 21.3. The number of aromatic nitrogens is 2. The Balaban J connectivity index is 2.06. The highest BCUT2D eigenvalue weighted by Gasteiger charge is 2.44. The Bertz CT molecular complexity index is 931. The van der Waals surface area contributed by atoms with Crippen molar-refractivity contribution in [3.8, 4) is 0 Å². The molecule has 1 aromatic heterocycles. The highest BCUT2D eigenvalue weighted by atomic mass is 16.2. The van der Waals surface area contributed by atoms with Gasteiger partial charge >= 0.3 is 5.69 Å². The molecule has 0 N–H and O–H groups in total. The molecule has 21 heavy (non-hydrogen) atoms. The van der Waals surface area contributed by atoms with Gasteiger partial charge in [0.25, 0.3) is 5.56 Å². The van der Waals surface area contributed by atoms with Crippen LogP contribution in [-0.4, -0.2) is 9.13 Å². The highest BCUT2D eigenvalue weighted by molar-refractivity contribution is 5.69. The molecule has 4 rings (SSSR count). The molecule has 2 atom stereocenters.